The maximum Gasteiger partial charge on any atom is 0.293 e. The summed E-state index contributed by atoms with van der Waals surface area (Å²) in [6.45, 7) is 1.69. The first-order valence-electron chi connectivity index (χ1n) is 8.43. The third-order valence-electron chi connectivity index (χ3n) is 4.06. The van der Waals surface area contributed by atoms with Crippen molar-refractivity contribution in [3.05, 3.63) is 58.1 Å². The molecule has 0 aliphatic rings. The van der Waals surface area contributed by atoms with Crippen molar-refractivity contribution in [3.8, 4) is 17.1 Å². The summed E-state index contributed by atoms with van der Waals surface area (Å²) >= 11 is 1.07. The number of carbonyl (C=O) groups is 1. The molecule has 1 aromatic heterocycles. The molecule has 3 aromatic rings. The predicted molar refractivity (Wildman–Crippen MR) is 109 cm³/mol. The van der Waals surface area contributed by atoms with Gasteiger partial charge in [-0.05, 0) is 24.6 Å². The summed E-state index contributed by atoms with van der Waals surface area (Å²) in [5.74, 6) is 6.59. The Morgan fingerprint density at radius 2 is 2.03 bits per heavy atom. The molecular weight excluding hydrogens is 396 g/mol. The number of nitrogens with one attached hydrogen (secondary N) is 1. The van der Waals surface area contributed by atoms with Gasteiger partial charge in [0.1, 0.15) is 11.4 Å². The molecule has 0 spiro atoms. The SMILES string of the molecule is COc1ccccc1-c1nnc(SCC(=O)Nc2c(C)cccc2[N+](=O)[O-])n1N. The molecule has 0 saturated carbocycles. The van der Waals surface area contributed by atoms with Crippen LogP contribution in [-0.4, -0.2) is 38.6 Å². The molecule has 150 valence electrons. The van der Waals surface area contributed by atoms with Crippen LogP contribution in [0.15, 0.2) is 47.6 Å². The van der Waals surface area contributed by atoms with Crippen molar-refractivity contribution in [2.24, 2.45) is 0 Å². The lowest BCUT2D eigenvalue weighted by molar-refractivity contribution is -0.384. The van der Waals surface area contributed by atoms with E-state index < -0.39 is 10.8 Å². The third-order valence-corrected chi connectivity index (χ3v) is 5.00. The lowest BCUT2D eigenvalue weighted by atomic mass is 10.1. The number of benzene rings is 2. The molecule has 2 aromatic carbocycles. The average molecular weight is 414 g/mol. The second-order valence-corrected chi connectivity index (χ2v) is 6.88. The largest absolute Gasteiger partial charge is 0.496 e. The van der Waals surface area contributed by atoms with E-state index in [1.54, 1.807) is 38.3 Å². The highest BCUT2D eigenvalue weighted by molar-refractivity contribution is 7.99. The number of rotatable bonds is 7. The van der Waals surface area contributed by atoms with Crippen LogP contribution in [-0.2, 0) is 4.79 Å². The molecule has 0 saturated heterocycles. The molecule has 10 nitrogen and oxygen atoms in total. The van der Waals surface area contributed by atoms with E-state index in [0.717, 1.165) is 11.8 Å². The van der Waals surface area contributed by atoms with Crippen molar-refractivity contribution in [2.75, 3.05) is 24.0 Å². The standard InChI is InChI=1S/C18H18N6O4S/c1-11-6-5-8-13(24(26)27)16(11)20-15(25)10-29-18-22-21-17(23(18)19)12-7-3-4-9-14(12)28-2/h3-9H,10,19H2,1-2H3,(H,20,25). The number of aryl methyl sites for hydroxylation is 1. The van der Waals surface area contributed by atoms with E-state index in [1.165, 1.54) is 10.7 Å². The number of nitrogens with two attached hydrogens (primary N) is 1. The quantitative estimate of drug-likeness (QED) is 0.260. The van der Waals surface area contributed by atoms with Crippen molar-refractivity contribution in [1.29, 1.82) is 0 Å². The first kappa shape index (κ1) is 20.1. The van der Waals surface area contributed by atoms with Gasteiger partial charge in [-0.2, -0.15) is 0 Å². The number of nitro groups is 1. The van der Waals surface area contributed by atoms with Crippen molar-refractivity contribution in [2.45, 2.75) is 12.1 Å². The van der Waals surface area contributed by atoms with Gasteiger partial charge < -0.3 is 15.9 Å². The van der Waals surface area contributed by atoms with Gasteiger partial charge in [0.2, 0.25) is 11.1 Å². The molecule has 0 aliphatic carbocycles. The fourth-order valence-electron chi connectivity index (χ4n) is 2.66. The summed E-state index contributed by atoms with van der Waals surface area (Å²) in [7, 11) is 1.54. The van der Waals surface area contributed by atoms with E-state index in [9.17, 15) is 14.9 Å². The van der Waals surface area contributed by atoms with Gasteiger partial charge in [0.15, 0.2) is 5.82 Å². The number of ether oxygens (including phenoxy) is 1. The number of carbonyl (C=O) groups excluding carboxylic acids is 1. The molecule has 1 heterocycles. The molecule has 0 unspecified atom stereocenters. The lowest BCUT2D eigenvalue weighted by Crippen LogP contribution is -2.17. The zero-order valence-corrected chi connectivity index (χ0v) is 16.5. The topological polar surface area (TPSA) is 138 Å². The van der Waals surface area contributed by atoms with Crippen LogP contribution in [0.25, 0.3) is 11.4 Å². The lowest BCUT2D eigenvalue weighted by Gasteiger charge is -2.09. The Kier molecular flexibility index (Phi) is 5.98. The van der Waals surface area contributed by atoms with Crippen LogP contribution in [0.3, 0.4) is 0 Å². The minimum atomic E-state index is -0.536. The monoisotopic (exact) mass is 414 g/mol. The zero-order chi connectivity index (χ0) is 21.0. The number of methoxy groups -OCH3 is 1. The summed E-state index contributed by atoms with van der Waals surface area (Å²) in [4.78, 5) is 23.0. The summed E-state index contributed by atoms with van der Waals surface area (Å²) in [5, 5.41) is 22.2. The van der Waals surface area contributed by atoms with Gasteiger partial charge in [0, 0.05) is 6.07 Å². The smallest absolute Gasteiger partial charge is 0.293 e. The van der Waals surface area contributed by atoms with Crippen molar-refractivity contribution in [3.63, 3.8) is 0 Å². The van der Waals surface area contributed by atoms with E-state index in [2.05, 4.69) is 15.5 Å². The highest BCUT2D eigenvalue weighted by Gasteiger charge is 2.20. The molecule has 0 fully saturated rings. The van der Waals surface area contributed by atoms with E-state index in [-0.39, 0.29) is 17.1 Å². The van der Waals surface area contributed by atoms with Crippen LogP contribution in [0.5, 0.6) is 5.75 Å². The number of nitrogen functional groups attached to an aromatic ring is 1. The molecule has 29 heavy (non-hydrogen) atoms. The Labute approximate surface area is 170 Å². The highest BCUT2D eigenvalue weighted by Crippen LogP contribution is 2.30. The van der Waals surface area contributed by atoms with Crippen LogP contribution < -0.4 is 15.9 Å². The van der Waals surface area contributed by atoms with Gasteiger partial charge in [0.25, 0.3) is 5.69 Å². The van der Waals surface area contributed by atoms with Gasteiger partial charge in [-0.3, -0.25) is 14.9 Å². The summed E-state index contributed by atoms with van der Waals surface area (Å²) in [6, 6.07) is 11.8. The summed E-state index contributed by atoms with van der Waals surface area (Å²) in [6.07, 6.45) is 0. The minimum absolute atomic E-state index is 0.0489. The van der Waals surface area contributed by atoms with E-state index in [4.69, 9.17) is 10.6 Å². The van der Waals surface area contributed by atoms with Crippen LogP contribution in [0.1, 0.15) is 5.56 Å². The Balaban J connectivity index is 1.73. The number of thioether (sulfide) groups is 1. The molecule has 1 amide bonds. The van der Waals surface area contributed by atoms with E-state index in [1.807, 2.05) is 12.1 Å². The van der Waals surface area contributed by atoms with E-state index >= 15 is 0 Å². The second kappa shape index (κ2) is 8.61. The Morgan fingerprint density at radius 3 is 2.76 bits per heavy atom. The second-order valence-electron chi connectivity index (χ2n) is 5.94. The molecule has 0 radical (unpaired) electrons. The molecule has 0 atom stereocenters. The molecule has 3 rings (SSSR count). The van der Waals surface area contributed by atoms with Crippen molar-refractivity contribution < 1.29 is 14.5 Å². The molecule has 3 N–H and O–H groups in total. The number of nitro benzene ring substituents is 1. The predicted octanol–water partition coefficient (Wildman–Crippen LogP) is 2.61. The molecular formula is C18H18N6O4S. The average Bonchev–Trinajstić information content (AvgIpc) is 3.08. The number of amides is 1. The normalized spacial score (nSPS) is 10.6. The molecule has 0 bridgehead atoms. The number of nitrogens with zero attached hydrogens (tertiary/aromatic N) is 4. The number of aromatic nitrogens is 3. The number of anilines is 1. The number of hydrogen-bond acceptors (Lipinski definition) is 8. The van der Waals surface area contributed by atoms with Gasteiger partial charge >= 0.3 is 0 Å². The first-order valence-corrected chi connectivity index (χ1v) is 9.41. The van der Waals surface area contributed by atoms with Crippen LogP contribution in [0.2, 0.25) is 0 Å². The maximum atomic E-state index is 12.3. The summed E-state index contributed by atoms with van der Waals surface area (Å²) < 4.78 is 6.58. The van der Waals surface area contributed by atoms with Crippen molar-refractivity contribution in [1.82, 2.24) is 14.9 Å². The van der Waals surface area contributed by atoms with Gasteiger partial charge in [-0.25, -0.2) is 4.68 Å². The Hall–Kier alpha value is -3.60. The molecule has 11 heteroatoms. The Morgan fingerprint density at radius 1 is 1.28 bits per heavy atom. The first-order chi connectivity index (χ1) is 13.9. The third kappa shape index (κ3) is 4.29. The van der Waals surface area contributed by atoms with Crippen LogP contribution >= 0.6 is 11.8 Å². The Bertz CT molecular complexity index is 1070. The number of hydrogen-bond donors (Lipinski definition) is 2. The molecule has 0 aliphatic heterocycles. The van der Waals surface area contributed by atoms with Crippen molar-refractivity contribution >= 4 is 29.0 Å². The fourth-order valence-corrected chi connectivity index (χ4v) is 3.32. The zero-order valence-electron chi connectivity index (χ0n) is 15.7. The minimum Gasteiger partial charge on any atom is -0.496 e. The summed E-state index contributed by atoms with van der Waals surface area (Å²) in [5.41, 5.74) is 1.27. The van der Waals surface area contributed by atoms with Gasteiger partial charge in [-0.1, -0.05) is 36.0 Å². The maximum absolute atomic E-state index is 12.3. The highest BCUT2D eigenvalue weighted by atomic mass is 32.2. The van der Waals surface area contributed by atoms with Gasteiger partial charge in [-0.15, -0.1) is 10.2 Å². The fraction of sp³-hybridized carbons (Fsp3) is 0.167. The van der Waals surface area contributed by atoms with E-state index in [0.29, 0.717) is 27.9 Å². The van der Waals surface area contributed by atoms with Crippen LogP contribution in [0.4, 0.5) is 11.4 Å². The van der Waals surface area contributed by atoms with Gasteiger partial charge in [0.05, 0.1) is 23.3 Å². The van der Waals surface area contributed by atoms with Crippen LogP contribution in [0, 0.1) is 17.0 Å². The number of para-hydroxylation sites is 2.